The van der Waals surface area contributed by atoms with Crippen LogP contribution in [0.4, 0.5) is 11.4 Å². The van der Waals surface area contributed by atoms with Gasteiger partial charge < -0.3 is 10.1 Å². The van der Waals surface area contributed by atoms with E-state index in [2.05, 4.69) is 15.3 Å². The lowest BCUT2D eigenvalue weighted by Gasteiger charge is -2.16. The summed E-state index contributed by atoms with van der Waals surface area (Å²) in [7, 11) is 0. The third-order valence-corrected chi connectivity index (χ3v) is 4.30. The molecule has 1 aromatic carbocycles. The van der Waals surface area contributed by atoms with E-state index in [1.54, 1.807) is 6.92 Å². The number of anilines is 2. The summed E-state index contributed by atoms with van der Waals surface area (Å²) >= 11 is 6.21. The molecule has 0 aliphatic carbocycles. The minimum Gasteiger partial charge on any atom is -0.462 e. The van der Waals surface area contributed by atoms with Crippen molar-refractivity contribution in [2.24, 2.45) is 0 Å². The standard InChI is InChI=1S/C19H18ClN3O2.ClH/c1-4-25-19(24)14-10-21-18-13(9-8-11(2)22-18)17(14)23-16-7-5-6-15(20)12(16)3;/h5-10H,4H2,1-3H3,(H,21,22,23);1H. The monoisotopic (exact) mass is 391 g/mol. The number of pyridine rings is 2. The van der Waals surface area contributed by atoms with Crippen LogP contribution in [0, 0.1) is 13.8 Å². The summed E-state index contributed by atoms with van der Waals surface area (Å²) < 4.78 is 5.17. The molecule has 0 unspecified atom stereocenters. The van der Waals surface area contributed by atoms with Crippen molar-refractivity contribution in [3.8, 4) is 0 Å². The Morgan fingerprint density at radius 2 is 2.00 bits per heavy atom. The second kappa shape index (κ2) is 8.34. The lowest BCUT2D eigenvalue weighted by atomic mass is 10.1. The second-order valence-electron chi connectivity index (χ2n) is 5.63. The van der Waals surface area contributed by atoms with Crippen LogP contribution < -0.4 is 5.32 Å². The molecule has 0 atom stereocenters. The molecule has 2 heterocycles. The van der Waals surface area contributed by atoms with Gasteiger partial charge in [-0.3, -0.25) is 0 Å². The van der Waals surface area contributed by atoms with Crippen molar-refractivity contribution in [1.82, 2.24) is 9.97 Å². The van der Waals surface area contributed by atoms with Gasteiger partial charge in [0, 0.05) is 28.0 Å². The molecule has 0 fully saturated rings. The lowest BCUT2D eigenvalue weighted by molar-refractivity contribution is 0.0527. The van der Waals surface area contributed by atoms with Gasteiger partial charge in [0.05, 0.1) is 12.3 Å². The summed E-state index contributed by atoms with van der Waals surface area (Å²) in [5.41, 5.74) is 4.10. The van der Waals surface area contributed by atoms with Crippen molar-refractivity contribution in [3.63, 3.8) is 0 Å². The smallest absolute Gasteiger partial charge is 0.341 e. The Morgan fingerprint density at radius 3 is 2.73 bits per heavy atom. The zero-order valence-electron chi connectivity index (χ0n) is 14.7. The molecule has 5 nitrogen and oxygen atoms in total. The van der Waals surface area contributed by atoms with Gasteiger partial charge >= 0.3 is 5.97 Å². The highest BCUT2D eigenvalue weighted by Gasteiger charge is 2.18. The Balaban J connectivity index is 0.00000243. The molecular formula is C19H19Cl2N3O2. The van der Waals surface area contributed by atoms with Gasteiger partial charge in [-0.05, 0) is 50.6 Å². The van der Waals surface area contributed by atoms with Crippen molar-refractivity contribution in [2.45, 2.75) is 20.8 Å². The first-order valence-electron chi connectivity index (χ1n) is 7.97. The van der Waals surface area contributed by atoms with Crippen LogP contribution in [-0.2, 0) is 4.74 Å². The van der Waals surface area contributed by atoms with Crippen molar-refractivity contribution in [3.05, 3.63) is 58.4 Å². The van der Waals surface area contributed by atoms with Gasteiger partial charge in [-0.15, -0.1) is 12.4 Å². The summed E-state index contributed by atoms with van der Waals surface area (Å²) in [5, 5.41) is 4.71. The van der Waals surface area contributed by atoms with Crippen molar-refractivity contribution >= 4 is 52.4 Å². The number of carbonyl (C=O) groups excluding carboxylic acids is 1. The minimum absolute atomic E-state index is 0. The van der Waals surface area contributed by atoms with Crippen LogP contribution in [0.2, 0.25) is 5.02 Å². The molecule has 0 aliphatic heterocycles. The van der Waals surface area contributed by atoms with Crippen LogP contribution >= 0.6 is 24.0 Å². The Morgan fingerprint density at radius 1 is 1.23 bits per heavy atom. The molecule has 3 rings (SSSR count). The maximum Gasteiger partial charge on any atom is 0.341 e. The van der Waals surface area contributed by atoms with Gasteiger partial charge in [0.1, 0.15) is 5.56 Å². The molecule has 26 heavy (non-hydrogen) atoms. The fourth-order valence-electron chi connectivity index (χ4n) is 2.55. The fourth-order valence-corrected chi connectivity index (χ4v) is 2.72. The summed E-state index contributed by atoms with van der Waals surface area (Å²) in [4.78, 5) is 21.1. The number of benzene rings is 1. The molecule has 2 aromatic heterocycles. The first-order valence-corrected chi connectivity index (χ1v) is 8.34. The van der Waals surface area contributed by atoms with E-state index in [1.807, 2.05) is 44.2 Å². The Labute approximate surface area is 163 Å². The van der Waals surface area contributed by atoms with E-state index in [1.165, 1.54) is 6.20 Å². The first kappa shape index (κ1) is 19.9. The van der Waals surface area contributed by atoms with Crippen LogP contribution in [0.3, 0.4) is 0 Å². The van der Waals surface area contributed by atoms with Crippen LogP contribution in [-0.4, -0.2) is 22.5 Å². The van der Waals surface area contributed by atoms with E-state index in [4.69, 9.17) is 16.3 Å². The predicted molar refractivity (Wildman–Crippen MR) is 107 cm³/mol. The topological polar surface area (TPSA) is 64.1 Å². The Kier molecular flexibility index (Phi) is 6.40. The number of esters is 1. The number of fused-ring (bicyclic) bond motifs is 1. The maximum absolute atomic E-state index is 12.4. The van der Waals surface area contributed by atoms with Crippen molar-refractivity contribution in [2.75, 3.05) is 11.9 Å². The number of ether oxygens (including phenoxy) is 1. The number of halogens is 2. The van der Waals surface area contributed by atoms with Crippen molar-refractivity contribution < 1.29 is 9.53 Å². The summed E-state index contributed by atoms with van der Waals surface area (Å²) in [6.45, 7) is 5.87. The lowest BCUT2D eigenvalue weighted by Crippen LogP contribution is -2.10. The molecule has 0 spiro atoms. The number of hydrogen-bond acceptors (Lipinski definition) is 5. The number of carbonyl (C=O) groups is 1. The predicted octanol–water partition coefficient (Wildman–Crippen LogP) is 5.24. The zero-order valence-corrected chi connectivity index (χ0v) is 16.2. The van der Waals surface area contributed by atoms with Crippen LogP contribution in [0.5, 0.6) is 0 Å². The zero-order chi connectivity index (χ0) is 18.0. The molecule has 3 aromatic rings. The summed E-state index contributed by atoms with van der Waals surface area (Å²) in [6.07, 6.45) is 1.50. The maximum atomic E-state index is 12.4. The average molecular weight is 392 g/mol. The molecule has 0 amide bonds. The van der Waals surface area contributed by atoms with E-state index < -0.39 is 5.97 Å². The Bertz CT molecular complexity index is 961. The normalized spacial score (nSPS) is 10.3. The summed E-state index contributed by atoms with van der Waals surface area (Å²) in [6, 6.07) is 9.37. The third kappa shape index (κ3) is 3.89. The molecule has 136 valence electrons. The minimum atomic E-state index is -0.431. The van der Waals surface area contributed by atoms with Gasteiger partial charge in [-0.25, -0.2) is 14.8 Å². The molecular weight excluding hydrogens is 373 g/mol. The molecule has 0 saturated heterocycles. The first-order chi connectivity index (χ1) is 12.0. The SMILES string of the molecule is CCOC(=O)c1cnc2nc(C)ccc2c1Nc1cccc(Cl)c1C.Cl. The molecule has 0 aliphatic rings. The van der Waals surface area contributed by atoms with E-state index in [0.717, 1.165) is 22.3 Å². The van der Waals surface area contributed by atoms with Gasteiger partial charge in [-0.2, -0.15) is 0 Å². The van der Waals surface area contributed by atoms with Crippen molar-refractivity contribution in [1.29, 1.82) is 0 Å². The molecule has 0 saturated carbocycles. The number of nitrogens with zero attached hydrogens (tertiary/aromatic N) is 2. The van der Waals surface area contributed by atoms with Gasteiger partial charge in [0.15, 0.2) is 5.65 Å². The van der Waals surface area contributed by atoms with E-state index >= 15 is 0 Å². The van der Waals surface area contributed by atoms with Gasteiger partial charge in [-0.1, -0.05) is 17.7 Å². The van der Waals surface area contributed by atoms with Gasteiger partial charge in [0.2, 0.25) is 0 Å². The highest BCUT2D eigenvalue weighted by molar-refractivity contribution is 6.31. The highest BCUT2D eigenvalue weighted by Crippen LogP contribution is 2.32. The highest BCUT2D eigenvalue weighted by atomic mass is 35.5. The molecule has 0 bridgehead atoms. The number of aromatic nitrogens is 2. The fraction of sp³-hybridized carbons (Fsp3) is 0.211. The number of rotatable bonds is 4. The quantitative estimate of drug-likeness (QED) is 0.615. The number of hydrogen-bond donors (Lipinski definition) is 1. The molecule has 0 radical (unpaired) electrons. The van der Waals surface area contributed by atoms with Crippen LogP contribution in [0.25, 0.3) is 11.0 Å². The molecule has 1 N–H and O–H groups in total. The Hall–Kier alpha value is -2.37. The van der Waals surface area contributed by atoms with E-state index in [0.29, 0.717) is 28.5 Å². The average Bonchev–Trinajstić information content (AvgIpc) is 2.59. The summed E-state index contributed by atoms with van der Waals surface area (Å²) in [5.74, 6) is -0.431. The van der Waals surface area contributed by atoms with Crippen LogP contribution in [0.15, 0.2) is 36.5 Å². The number of aryl methyl sites for hydroxylation is 1. The number of nitrogens with one attached hydrogen (secondary N) is 1. The third-order valence-electron chi connectivity index (χ3n) is 3.89. The largest absolute Gasteiger partial charge is 0.462 e. The molecule has 7 heteroatoms. The van der Waals surface area contributed by atoms with Crippen LogP contribution in [0.1, 0.15) is 28.5 Å². The van der Waals surface area contributed by atoms with E-state index in [-0.39, 0.29) is 12.4 Å². The van der Waals surface area contributed by atoms with Gasteiger partial charge in [0.25, 0.3) is 0 Å². The second-order valence-corrected chi connectivity index (χ2v) is 6.04. The van der Waals surface area contributed by atoms with E-state index in [9.17, 15) is 4.79 Å².